The number of aromatic nitrogens is 3. The molecular formula is C11H12ClN3O. The summed E-state index contributed by atoms with van der Waals surface area (Å²) in [5.74, 6) is 0.856. The van der Waals surface area contributed by atoms with Gasteiger partial charge in [0.15, 0.2) is 0 Å². The lowest BCUT2D eigenvalue weighted by Gasteiger charge is -2.06. The topological polar surface area (TPSA) is 39.9 Å². The lowest BCUT2D eigenvalue weighted by Crippen LogP contribution is -1.96. The second-order valence-electron chi connectivity index (χ2n) is 3.31. The molecule has 16 heavy (non-hydrogen) atoms. The summed E-state index contributed by atoms with van der Waals surface area (Å²) < 4.78 is 7.18. The first kappa shape index (κ1) is 11.0. The van der Waals surface area contributed by atoms with Gasteiger partial charge in [-0.15, -0.1) is 10.2 Å². The molecule has 2 rings (SSSR count). The molecule has 0 amide bonds. The van der Waals surface area contributed by atoms with Crippen molar-refractivity contribution in [3.8, 4) is 11.4 Å². The first-order valence-corrected chi connectivity index (χ1v) is 5.48. The van der Waals surface area contributed by atoms with Gasteiger partial charge in [0, 0.05) is 5.69 Å². The molecule has 0 saturated heterocycles. The Balaban J connectivity index is 2.16. The SMILES string of the molecule is CCCOc1ccc(-n2cnnc2Cl)cc1. The molecule has 0 aliphatic rings. The van der Waals surface area contributed by atoms with Crippen LogP contribution in [-0.2, 0) is 0 Å². The molecule has 0 atom stereocenters. The molecule has 1 heterocycles. The molecule has 0 aliphatic carbocycles. The van der Waals surface area contributed by atoms with E-state index >= 15 is 0 Å². The highest BCUT2D eigenvalue weighted by Crippen LogP contribution is 2.17. The molecule has 0 bridgehead atoms. The van der Waals surface area contributed by atoms with E-state index in [1.165, 1.54) is 0 Å². The van der Waals surface area contributed by atoms with Gasteiger partial charge in [-0.05, 0) is 42.3 Å². The average molecular weight is 238 g/mol. The predicted molar refractivity (Wildman–Crippen MR) is 62.2 cm³/mol. The Hall–Kier alpha value is -1.55. The summed E-state index contributed by atoms with van der Waals surface area (Å²) in [7, 11) is 0. The summed E-state index contributed by atoms with van der Waals surface area (Å²) in [5, 5.41) is 7.78. The van der Waals surface area contributed by atoms with Gasteiger partial charge in [0.2, 0.25) is 5.28 Å². The number of rotatable bonds is 4. The van der Waals surface area contributed by atoms with Gasteiger partial charge in [-0.2, -0.15) is 0 Å². The van der Waals surface area contributed by atoms with Gasteiger partial charge in [0.05, 0.1) is 6.61 Å². The van der Waals surface area contributed by atoms with Crippen molar-refractivity contribution >= 4 is 11.6 Å². The second kappa shape index (κ2) is 4.99. The molecule has 0 aliphatic heterocycles. The van der Waals surface area contributed by atoms with Crippen LogP contribution in [0.4, 0.5) is 0 Å². The van der Waals surface area contributed by atoms with Crippen molar-refractivity contribution in [2.75, 3.05) is 6.61 Å². The standard InChI is InChI=1S/C11H12ClN3O/c1-2-7-16-10-5-3-9(4-6-10)15-8-13-14-11(15)12/h3-6,8H,2,7H2,1H3. The van der Waals surface area contributed by atoms with Crippen molar-refractivity contribution in [3.63, 3.8) is 0 Å². The summed E-state index contributed by atoms with van der Waals surface area (Å²) >= 11 is 5.86. The van der Waals surface area contributed by atoms with Crippen LogP contribution in [0.25, 0.3) is 5.69 Å². The van der Waals surface area contributed by atoms with Gasteiger partial charge in [-0.25, -0.2) is 0 Å². The van der Waals surface area contributed by atoms with Crippen LogP contribution in [0.15, 0.2) is 30.6 Å². The fourth-order valence-corrected chi connectivity index (χ4v) is 1.50. The number of hydrogen-bond acceptors (Lipinski definition) is 3. The zero-order chi connectivity index (χ0) is 11.4. The molecule has 4 nitrogen and oxygen atoms in total. The van der Waals surface area contributed by atoms with Gasteiger partial charge < -0.3 is 4.74 Å². The Kier molecular flexibility index (Phi) is 3.41. The van der Waals surface area contributed by atoms with Crippen molar-refractivity contribution < 1.29 is 4.74 Å². The number of ether oxygens (including phenoxy) is 1. The van der Waals surface area contributed by atoms with Crippen LogP contribution in [0.3, 0.4) is 0 Å². The zero-order valence-electron chi connectivity index (χ0n) is 8.93. The van der Waals surface area contributed by atoms with E-state index in [4.69, 9.17) is 16.3 Å². The van der Waals surface area contributed by atoms with Crippen LogP contribution in [0.1, 0.15) is 13.3 Å². The van der Waals surface area contributed by atoms with E-state index in [-0.39, 0.29) is 0 Å². The molecule has 84 valence electrons. The van der Waals surface area contributed by atoms with Crippen LogP contribution in [0.5, 0.6) is 5.75 Å². The minimum atomic E-state index is 0.349. The maximum Gasteiger partial charge on any atom is 0.229 e. The number of halogens is 1. The molecule has 0 radical (unpaired) electrons. The Morgan fingerprint density at radius 2 is 2.06 bits per heavy atom. The van der Waals surface area contributed by atoms with E-state index in [9.17, 15) is 0 Å². The normalized spacial score (nSPS) is 10.4. The highest BCUT2D eigenvalue weighted by Gasteiger charge is 2.02. The second-order valence-corrected chi connectivity index (χ2v) is 3.65. The van der Waals surface area contributed by atoms with E-state index < -0.39 is 0 Å². The van der Waals surface area contributed by atoms with Gasteiger partial charge >= 0.3 is 0 Å². The van der Waals surface area contributed by atoms with Crippen LogP contribution in [0, 0.1) is 0 Å². The summed E-state index contributed by atoms with van der Waals surface area (Å²) in [5.41, 5.74) is 0.916. The van der Waals surface area contributed by atoms with Crippen molar-refractivity contribution in [2.45, 2.75) is 13.3 Å². The first-order chi connectivity index (χ1) is 7.81. The molecule has 0 fully saturated rings. The Bertz CT molecular complexity index is 453. The predicted octanol–water partition coefficient (Wildman–Crippen LogP) is 2.71. The zero-order valence-corrected chi connectivity index (χ0v) is 9.68. The third-order valence-electron chi connectivity index (χ3n) is 2.09. The monoisotopic (exact) mass is 237 g/mol. The molecule has 5 heteroatoms. The van der Waals surface area contributed by atoms with Crippen molar-refractivity contribution in [2.24, 2.45) is 0 Å². The quantitative estimate of drug-likeness (QED) is 0.821. The van der Waals surface area contributed by atoms with Crippen LogP contribution >= 0.6 is 11.6 Å². The summed E-state index contributed by atoms with van der Waals surface area (Å²) in [6, 6.07) is 7.64. The number of benzene rings is 1. The molecule has 0 saturated carbocycles. The van der Waals surface area contributed by atoms with Crippen molar-refractivity contribution in [1.29, 1.82) is 0 Å². The molecular weight excluding hydrogens is 226 g/mol. The summed E-state index contributed by atoms with van der Waals surface area (Å²) in [6.45, 7) is 2.80. The lowest BCUT2D eigenvalue weighted by molar-refractivity contribution is 0.317. The maximum atomic E-state index is 5.86. The number of hydrogen-bond donors (Lipinski definition) is 0. The van der Waals surface area contributed by atoms with Gasteiger partial charge in [0.1, 0.15) is 12.1 Å². The van der Waals surface area contributed by atoms with Gasteiger partial charge in [0.25, 0.3) is 0 Å². The smallest absolute Gasteiger partial charge is 0.229 e. The lowest BCUT2D eigenvalue weighted by atomic mass is 10.3. The fraction of sp³-hybridized carbons (Fsp3) is 0.273. The molecule has 2 aromatic rings. The molecule has 0 spiro atoms. The third-order valence-corrected chi connectivity index (χ3v) is 2.35. The third kappa shape index (κ3) is 2.33. The largest absolute Gasteiger partial charge is 0.494 e. The van der Waals surface area contributed by atoms with E-state index in [1.54, 1.807) is 10.9 Å². The van der Waals surface area contributed by atoms with Gasteiger partial charge in [-0.3, -0.25) is 4.57 Å². The minimum absolute atomic E-state index is 0.349. The highest BCUT2D eigenvalue weighted by atomic mass is 35.5. The van der Waals surface area contributed by atoms with Crippen molar-refractivity contribution in [3.05, 3.63) is 35.9 Å². The fourth-order valence-electron chi connectivity index (χ4n) is 1.32. The van der Waals surface area contributed by atoms with Crippen molar-refractivity contribution in [1.82, 2.24) is 14.8 Å². The van der Waals surface area contributed by atoms with E-state index in [1.807, 2.05) is 24.3 Å². The van der Waals surface area contributed by atoms with E-state index in [2.05, 4.69) is 17.1 Å². The average Bonchev–Trinajstić information content (AvgIpc) is 2.74. The van der Waals surface area contributed by atoms with E-state index in [0.29, 0.717) is 5.28 Å². The van der Waals surface area contributed by atoms with Crippen LogP contribution in [0.2, 0.25) is 5.28 Å². The van der Waals surface area contributed by atoms with Crippen LogP contribution < -0.4 is 4.74 Å². The minimum Gasteiger partial charge on any atom is -0.494 e. The molecule has 1 aromatic carbocycles. The van der Waals surface area contributed by atoms with E-state index in [0.717, 1.165) is 24.5 Å². The maximum absolute atomic E-state index is 5.86. The molecule has 0 unspecified atom stereocenters. The Morgan fingerprint density at radius 3 is 2.62 bits per heavy atom. The Labute approximate surface area is 98.8 Å². The first-order valence-electron chi connectivity index (χ1n) is 5.10. The van der Waals surface area contributed by atoms with Gasteiger partial charge in [-0.1, -0.05) is 6.92 Å². The van der Waals surface area contributed by atoms with Crippen LogP contribution in [-0.4, -0.2) is 21.4 Å². The summed E-state index contributed by atoms with van der Waals surface area (Å²) in [6.07, 6.45) is 2.57. The summed E-state index contributed by atoms with van der Waals surface area (Å²) in [4.78, 5) is 0. The molecule has 1 aromatic heterocycles. The number of nitrogens with zero attached hydrogens (tertiary/aromatic N) is 3. The molecule has 0 N–H and O–H groups in total. The Morgan fingerprint density at radius 1 is 1.31 bits per heavy atom. The highest BCUT2D eigenvalue weighted by molar-refractivity contribution is 6.28.